The molecule has 0 radical (unpaired) electrons. The van der Waals surface area contributed by atoms with Crippen molar-refractivity contribution in [3.8, 4) is 0 Å². The molecule has 2 aliphatic heterocycles. The van der Waals surface area contributed by atoms with E-state index in [0.29, 0.717) is 32.7 Å². The number of fused-ring (bicyclic) bond motifs is 1. The number of alkyl halides is 5. The average Bonchev–Trinajstić information content (AvgIpc) is 3.53. The molecule has 4 rings (SSSR count). The lowest BCUT2D eigenvalue weighted by molar-refractivity contribution is -0.192. The zero-order valence-electron chi connectivity index (χ0n) is 19.5. The maximum atomic E-state index is 13.2. The number of rotatable bonds is 6. The summed E-state index contributed by atoms with van der Waals surface area (Å²) >= 11 is 0. The van der Waals surface area contributed by atoms with Gasteiger partial charge >= 0.3 is 12.1 Å². The molecule has 0 aliphatic carbocycles. The van der Waals surface area contributed by atoms with Gasteiger partial charge in [-0.25, -0.2) is 13.6 Å². The molecule has 2 aliphatic rings. The van der Waals surface area contributed by atoms with E-state index in [-0.39, 0.29) is 29.4 Å². The van der Waals surface area contributed by atoms with Gasteiger partial charge in [0.2, 0.25) is 5.91 Å². The maximum absolute atomic E-state index is 13.2. The second kappa shape index (κ2) is 11.6. The molecule has 2 fully saturated rings. The van der Waals surface area contributed by atoms with Gasteiger partial charge in [-0.2, -0.15) is 18.3 Å². The molecule has 2 amide bonds. The number of aliphatic carboxylic acids is 1. The van der Waals surface area contributed by atoms with Crippen LogP contribution in [0.3, 0.4) is 0 Å². The number of amides is 2. The monoisotopic (exact) mass is 533 g/mol. The quantitative estimate of drug-likeness (QED) is 0.545. The highest BCUT2D eigenvalue weighted by Crippen LogP contribution is 2.36. The Labute approximate surface area is 207 Å². The predicted octanol–water partition coefficient (Wildman–Crippen LogP) is 2.18. The molecule has 37 heavy (non-hydrogen) atoms. The smallest absolute Gasteiger partial charge is 0.475 e. The van der Waals surface area contributed by atoms with Gasteiger partial charge in [-0.3, -0.25) is 19.3 Å². The number of aromatic nitrogens is 3. The number of pyridine rings is 1. The number of halogens is 5. The third-order valence-corrected chi connectivity index (χ3v) is 5.92. The summed E-state index contributed by atoms with van der Waals surface area (Å²) in [5, 5.41) is 13.7. The molecule has 0 unspecified atom stereocenters. The average molecular weight is 533 g/mol. The Bertz CT molecular complexity index is 1110. The number of carbonyl (C=O) groups excluding carboxylic acids is 2. The lowest BCUT2D eigenvalue weighted by Crippen LogP contribution is -2.33. The number of hydrogen-bond acceptors (Lipinski definition) is 6. The minimum Gasteiger partial charge on any atom is -0.475 e. The molecule has 10 nitrogen and oxygen atoms in total. The van der Waals surface area contributed by atoms with Crippen molar-refractivity contribution >= 4 is 17.8 Å². The Morgan fingerprint density at radius 1 is 1.27 bits per heavy atom. The van der Waals surface area contributed by atoms with E-state index >= 15 is 0 Å². The molecule has 15 heteroatoms. The van der Waals surface area contributed by atoms with Gasteiger partial charge in [0.05, 0.1) is 18.3 Å². The van der Waals surface area contributed by atoms with Crippen molar-refractivity contribution in [2.45, 2.75) is 31.7 Å². The van der Waals surface area contributed by atoms with E-state index in [4.69, 9.17) is 14.6 Å². The highest BCUT2D eigenvalue weighted by molar-refractivity contribution is 5.95. The van der Waals surface area contributed by atoms with Crippen LogP contribution in [0.1, 0.15) is 34.5 Å². The summed E-state index contributed by atoms with van der Waals surface area (Å²) in [4.78, 5) is 39.6. The second-order valence-electron chi connectivity index (χ2n) is 8.55. The summed E-state index contributed by atoms with van der Waals surface area (Å²) < 4.78 is 65.2. The topological polar surface area (TPSA) is 127 Å². The number of carboxylic acid groups (broad SMARTS) is 1. The van der Waals surface area contributed by atoms with E-state index < -0.39 is 30.2 Å². The zero-order valence-corrected chi connectivity index (χ0v) is 19.5. The Hall–Kier alpha value is -3.62. The van der Waals surface area contributed by atoms with Crippen molar-refractivity contribution in [3.05, 3.63) is 47.5 Å². The molecule has 2 aromatic heterocycles. The van der Waals surface area contributed by atoms with Crippen LogP contribution in [-0.2, 0) is 27.9 Å². The van der Waals surface area contributed by atoms with Gasteiger partial charge in [-0.05, 0) is 17.5 Å². The number of ether oxygens (including phenoxy) is 1. The second-order valence-corrected chi connectivity index (χ2v) is 8.55. The van der Waals surface area contributed by atoms with E-state index in [9.17, 15) is 31.5 Å². The van der Waals surface area contributed by atoms with Crippen LogP contribution < -0.4 is 5.32 Å². The fraction of sp³-hybridized carbons (Fsp3) is 0.500. The van der Waals surface area contributed by atoms with E-state index in [0.717, 1.165) is 5.56 Å². The van der Waals surface area contributed by atoms with Crippen molar-refractivity contribution in [1.82, 2.24) is 25.0 Å². The molecule has 2 N–H and O–H groups in total. The standard InChI is InChI=1S/C20H23F2N5O3.C2HF3O2/c1-26-8-15(18(25-26)19(21)22)20(29)27-9-14-13(11-30-16(14)10-27)5-17(28)24-7-12-3-2-4-23-6-12;3-2(4,5)1(6)7/h2-4,6,8,13-14,16,19H,5,7,9-11H2,1H3,(H,24,28);(H,6,7)/t13-,14-,16-;/m1./s1. The summed E-state index contributed by atoms with van der Waals surface area (Å²) in [6.45, 7) is 1.56. The van der Waals surface area contributed by atoms with E-state index in [1.807, 2.05) is 12.1 Å². The Morgan fingerprint density at radius 3 is 2.57 bits per heavy atom. The van der Waals surface area contributed by atoms with E-state index in [1.165, 1.54) is 22.8 Å². The van der Waals surface area contributed by atoms with Crippen LogP contribution in [0.5, 0.6) is 0 Å². The van der Waals surface area contributed by atoms with Crippen LogP contribution in [-0.4, -0.2) is 74.5 Å². The van der Waals surface area contributed by atoms with Crippen LogP contribution in [0.4, 0.5) is 22.0 Å². The molecule has 3 atom stereocenters. The molecular weight excluding hydrogens is 509 g/mol. The van der Waals surface area contributed by atoms with E-state index in [1.54, 1.807) is 12.4 Å². The highest BCUT2D eigenvalue weighted by atomic mass is 19.4. The molecule has 202 valence electrons. The number of aryl methyl sites for hydroxylation is 1. The fourth-order valence-electron chi connectivity index (χ4n) is 4.19. The van der Waals surface area contributed by atoms with Crippen molar-refractivity contribution in [1.29, 1.82) is 0 Å². The SMILES string of the molecule is Cn1cc(C(=O)N2C[C@@H]3[C@H](CC(=O)NCc4cccnc4)CO[C@@H]3C2)c(C(F)F)n1.O=C(O)C(F)(F)F. The largest absolute Gasteiger partial charge is 0.490 e. The number of carbonyl (C=O) groups is 3. The predicted molar refractivity (Wildman–Crippen MR) is 115 cm³/mol. The van der Waals surface area contributed by atoms with Crippen molar-refractivity contribution in [2.24, 2.45) is 18.9 Å². The summed E-state index contributed by atoms with van der Waals surface area (Å²) in [6, 6.07) is 3.69. The molecule has 0 spiro atoms. The number of nitrogens with one attached hydrogen (secondary N) is 1. The summed E-state index contributed by atoms with van der Waals surface area (Å²) in [5.74, 6) is -3.34. The number of carboxylic acids is 1. The first-order valence-corrected chi connectivity index (χ1v) is 11.0. The number of nitrogens with zero attached hydrogens (tertiary/aromatic N) is 4. The zero-order chi connectivity index (χ0) is 27.3. The van der Waals surface area contributed by atoms with Crippen molar-refractivity contribution in [3.63, 3.8) is 0 Å². The van der Waals surface area contributed by atoms with Gasteiger partial charge in [-0.1, -0.05) is 6.07 Å². The molecular formula is C22H24F5N5O5. The van der Waals surface area contributed by atoms with Gasteiger partial charge in [0.1, 0.15) is 5.69 Å². The van der Waals surface area contributed by atoms with Gasteiger partial charge in [0.15, 0.2) is 0 Å². The van der Waals surface area contributed by atoms with Gasteiger partial charge < -0.3 is 20.1 Å². The molecule has 0 aromatic carbocycles. The third kappa shape index (κ3) is 7.21. The molecule has 0 bridgehead atoms. The Morgan fingerprint density at radius 2 is 1.97 bits per heavy atom. The fourth-order valence-corrected chi connectivity index (χ4v) is 4.19. The van der Waals surface area contributed by atoms with E-state index in [2.05, 4.69) is 15.4 Å². The summed E-state index contributed by atoms with van der Waals surface area (Å²) in [5.41, 5.74) is 0.320. The third-order valence-electron chi connectivity index (χ3n) is 5.92. The normalized spacial score (nSPS) is 20.8. The van der Waals surface area contributed by atoms with Crippen molar-refractivity contribution < 1.29 is 46.2 Å². The molecule has 2 aromatic rings. The van der Waals surface area contributed by atoms with Crippen LogP contribution in [0, 0.1) is 11.8 Å². The van der Waals surface area contributed by atoms with Gasteiger partial charge in [0.25, 0.3) is 12.3 Å². The summed E-state index contributed by atoms with van der Waals surface area (Å²) in [7, 11) is 1.50. The lowest BCUT2D eigenvalue weighted by atomic mass is 9.90. The first-order chi connectivity index (χ1) is 17.4. The lowest BCUT2D eigenvalue weighted by Gasteiger charge is -2.19. The van der Waals surface area contributed by atoms with Crippen LogP contribution in [0.15, 0.2) is 30.7 Å². The highest BCUT2D eigenvalue weighted by Gasteiger charge is 2.46. The van der Waals surface area contributed by atoms with Crippen molar-refractivity contribution in [2.75, 3.05) is 19.7 Å². The minimum absolute atomic E-state index is 0.00441. The van der Waals surface area contributed by atoms with Crippen LogP contribution in [0.2, 0.25) is 0 Å². The first kappa shape index (κ1) is 28.0. The Balaban J connectivity index is 0.000000479. The molecule has 0 saturated carbocycles. The van der Waals surface area contributed by atoms with Gasteiger partial charge in [0, 0.05) is 57.6 Å². The minimum atomic E-state index is -5.08. The maximum Gasteiger partial charge on any atom is 0.490 e. The molecule has 2 saturated heterocycles. The first-order valence-electron chi connectivity index (χ1n) is 11.0. The Kier molecular flexibility index (Phi) is 8.78. The number of hydrogen-bond donors (Lipinski definition) is 2. The number of likely N-dealkylation sites (tertiary alicyclic amines) is 1. The van der Waals surface area contributed by atoms with Crippen LogP contribution in [0.25, 0.3) is 0 Å². The molecule has 4 heterocycles. The summed E-state index contributed by atoms with van der Waals surface area (Å²) in [6.07, 6.45) is -3.11. The van der Waals surface area contributed by atoms with Crippen LogP contribution >= 0.6 is 0 Å². The van der Waals surface area contributed by atoms with Gasteiger partial charge in [-0.15, -0.1) is 0 Å².